The van der Waals surface area contributed by atoms with Crippen LogP contribution in [-0.2, 0) is 5.54 Å². The van der Waals surface area contributed by atoms with Crippen molar-refractivity contribution < 1.29 is 0 Å². The Morgan fingerprint density at radius 3 is 1.62 bits per heavy atom. The highest BCUT2D eigenvalue weighted by Gasteiger charge is 2.31. The molecule has 118 valence electrons. The van der Waals surface area contributed by atoms with Gasteiger partial charge in [0.2, 0.25) is 0 Å². The summed E-state index contributed by atoms with van der Waals surface area (Å²) >= 11 is 0. The molecule has 0 fully saturated rings. The first-order chi connectivity index (χ1) is 11.8. The van der Waals surface area contributed by atoms with E-state index in [4.69, 9.17) is 4.99 Å². The van der Waals surface area contributed by atoms with E-state index in [-0.39, 0.29) is 0 Å². The summed E-state index contributed by atoms with van der Waals surface area (Å²) in [5.41, 5.74) is 2.98. The van der Waals surface area contributed by atoms with E-state index in [1.807, 2.05) is 42.6 Å². The highest BCUT2D eigenvalue weighted by atomic mass is 14.9. The molecule has 0 amide bonds. The van der Waals surface area contributed by atoms with Gasteiger partial charge in [-0.05, 0) is 23.1 Å². The van der Waals surface area contributed by atoms with Crippen LogP contribution in [0.3, 0.4) is 0 Å². The van der Waals surface area contributed by atoms with Crippen molar-refractivity contribution in [3.63, 3.8) is 0 Å². The van der Waals surface area contributed by atoms with Gasteiger partial charge in [0.15, 0.2) is 0 Å². The van der Waals surface area contributed by atoms with Crippen molar-refractivity contribution in [3.8, 4) is 0 Å². The topological polar surface area (TPSA) is 12.4 Å². The van der Waals surface area contributed by atoms with Gasteiger partial charge in [0.25, 0.3) is 0 Å². The molecule has 0 unspecified atom stereocenters. The van der Waals surface area contributed by atoms with E-state index in [1.165, 1.54) is 11.1 Å². The van der Waals surface area contributed by atoms with Crippen LogP contribution in [0.1, 0.15) is 23.1 Å². The molecule has 3 aromatic carbocycles. The molecule has 0 spiro atoms. The van der Waals surface area contributed by atoms with E-state index in [0.717, 1.165) is 12.0 Å². The standard InChI is InChI=1S/C23H21N/c1-2-18-23(21-14-8-4-9-15-21,22-16-10-5-11-17-22)24-19-20-12-6-3-7-13-20/h2-17,19H,1,18H2. The molecular weight excluding hydrogens is 290 g/mol. The molecule has 3 rings (SSSR count). The van der Waals surface area contributed by atoms with Crippen LogP contribution in [0.25, 0.3) is 0 Å². The van der Waals surface area contributed by atoms with Gasteiger partial charge < -0.3 is 0 Å². The average molecular weight is 311 g/mol. The summed E-state index contributed by atoms with van der Waals surface area (Å²) < 4.78 is 0. The van der Waals surface area contributed by atoms with Crippen LogP contribution in [0, 0.1) is 0 Å². The molecule has 3 aromatic rings. The molecular formula is C23H21N. The molecule has 0 atom stereocenters. The van der Waals surface area contributed by atoms with E-state index in [2.05, 4.69) is 67.2 Å². The minimum Gasteiger partial charge on any atom is -0.276 e. The number of rotatable bonds is 6. The fourth-order valence-electron chi connectivity index (χ4n) is 2.96. The molecule has 0 bridgehead atoms. The van der Waals surface area contributed by atoms with Gasteiger partial charge in [-0.15, -0.1) is 6.58 Å². The molecule has 24 heavy (non-hydrogen) atoms. The van der Waals surface area contributed by atoms with Crippen LogP contribution in [0.15, 0.2) is 109 Å². The van der Waals surface area contributed by atoms with E-state index >= 15 is 0 Å². The van der Waals surface area contributed by atoms with Crippen LogP contribution in [-0.4, -0.2) is 6.21 Å². The lowest BCUT2D eigenvalue weighted by Gasteiger charge is -2.30. The van der Waals surface area contributed by atoms with Crippen molar-refractivity contribution >= 4 is 6.21 Å². The summed E-state index contributed by atoms with van der Waals surface area (Å²) in [6.45, 7) is 3.98. The van der Waals surface area contributed by atoms with E-state index < -0.39 is 5.54 Å². The van der Waals surface area contributed by atoms with Crippen LogP contribution in [0.4, 0.5) is 0 Å². The van der Waals surface area contributed by atoms with Crippen molar-refractivity contribution in [1.29, 1.82) is 0 Å². The molecule has 0 saturated carbocycles. The third kappa shape index (κ3) is 3.36. The lowest BCUT2D eigenvalue weighted by Crippen LogP contribution is -2.25. The lowest BCUT2D eigenvalue weighted by atomic mass is 9.80. The van der Waals surface area contributed by atoms with Gasteiger partial charge in [-0.25, -0.2) is 0 Å². The number of hydrogen-bond acceptors (Lipinski definition) is 1. The van der Waals surface area contributed by atoms with Gasteiger partial charge in [-0.3, -0.25) is 4.99 Å². The first-order valence-electron chi connectivity index (χ1n) is 8.17. The summed E-state index contributed by atoms with van der Waals surface area (Å²) in [5, 5.41) is 0. The monoisotopic (exact) mass is 311 g/mol. The second-order valence-corrected chi connectivity index (χ2v) is 5.75. The van der Waals surface area contributed by atoms with Crippen molar-refractivity contribution in [3.05, 3.63) is 120 Å². The Labute approximate surface area is 144 Å². The third-order valence-corrected chi connectivity index (χ3v) is 4.18. The molecule has 1 heteroatoms. The second kappa shape index (κ2) is 7.56. The van der Waals surface area contributed by atoms with Gasteiger partial charge in [0, 0.05) is 6.21 Å². The molecule has 0 N–H and O–H groups in total. The number of aliphatic imine (C=N–C) groups is 1. The fourth-order valence-corrected chi connectivity index (χ4v) is 2.96. The number of hydrogen-bond donors (Lipinski definition) is 0. The van der Waals surface area contributed by atoms with Crippen LogP contribution >= 0.6 is 0 Å². The maximum absolute atomic E-state index is 5.06. The van der Waals surface area contributed by atoms with Gasteiger partial charge in [0.1, 0.15) is 5.54 Å². The minimum absolute atomic E-state index is 0.458. The molecule has 0 aromatic heterocycles. The van der Waals surface area contributed by atoms with Crippen molar-refractivity contribution in [2.24, 2.45) is 4.99 Å². The molecule has 0 saturated heterocycles. The number of nitrogens with zero attached hydrogens (tertiary/aromatic N) is 1. The first-order valence-corrected chi connectivity index (χ1v) is 8.17. The quantitative estimate of drug-likeness (QED) is 0.413. The zero-order valence-electron chi connectivity index (χ0n) is 13.7. The smallest absolute Gasteiger partial charge is 0.114 e. The van der Waals surface area contributed by atoms with Gasteiger partial charge in [-0.1, -0.05) is 97.1 Å². The van der Waals surface area contributed by atoms with Crippen LogP contribution in [0.5, 0.6) is 0 Å². The molecule has 0 heterocycles. The van der Waals surface area contributed by atoms with E-state index in [1.54, 1.807) is 0 Å². The third-order valence-electron chi connectivity index (χ3n) is 4.18. The van der Waals surface area contributed by atoms with Gasteiger partial charge >= 0.3 is 0 Å². The molecule has 0 aliphatic heterocycles. The maximum atomic E-state index is 5.06. The summed E-state index contributed by atoms with van der Waals surface area (Å²) in [6, 6.07) is 31.1. The van der Waals surface area contributed by atoms with Crippen LogP contribution < -0.4 is 0 Å². The summed E-state index contributed by atoms with van der Waals surface area (Å²) in [6.07, 6.45) is 4.65. The van der Waals surface area contributed by atoms with E-state index in [9.17, 15) is 0 Å². The average Bonchev–Trinajstić information content (AvgIpc) is 2.67. The largest absolute Gasteiger partial charge is 0.276 e. The summed E-state index contributed by atoms with van der Waals surface area (Å²) in [5.74, 6) is 0. The zero-order chi connectivity index (χ0) is 16.7. The fraction of sp³-hybridized carbons (Fsp3) is 0.0870. The normalized spacial score (nSPS) is 11.5. The van der Waals surface area contributed by atoms with Crippen molar-refractivity contribution in [2.45, 2.75) is 12.0 Å². The van der Waals surface area contributed by atoms with Crippen LogP contribution in [0.2, 0.25) is 0 Å². The molecule has 1 nitrogen and oxygen atoms in total. The Balaban J connectivity index is 2.15. The highest BCUT2D eigenvalue weighted by molar-refractivity contribution is 5.80. The maximum Gasteiger partial charge on any atom is 0.114 e. The predicted molar refractivity (Wildman–Crippen MR) is 103 cm³/mol. The first kappa shape index (κ1) is 15.9. The SMILES string of the molecule is C=CCC(N=Cc1ccccc1)(c1ccccc1)c1ccccc1. The molecule has 0 aliphatic carbocycles. The second-order valence-electron chi connectivity index (χ2n) is 5.75. The highest BCUT2D eigenvalue weighted by Crippen LogP contribution is 2.37. The Bertz CT molecular complexity index is 750. The summed E-state index contributed by atoms with van der Waals surface area (Å²) in [7, 11) is 0. The predicted octanol–water partition coefficient (Wildman–Crippen LogP) is 5.63. The number of benzene rings is 3. The minimum atomic E-state index is -0.458. The Morgan fingerprint density at radius 1 is 0.708 bits per heavy atom. The van der Waals surface area contributed by atoms with E-state index in [0.29, 0.717) is 0 Å². The molecule has 0 radical (unpaired) electrons. The Hall–Kier alpha value is -2.93. The van der Waals surface area contributed by atoms with Gasteiger partial charge in [-0.2, -0.15) is 0 Å². The molecule has 0 aliphatic rings. The Morgan fingerprint density at radius 2 is 1.17 bits per heavy atom. The Kier molecular flexibility index (Phi) is 5.02. The lowest BCUT2D eigenvalue weighted by molar-refractivity contribution is 0.554. The van der Waals surface area contributed by atoms with Gasteiger partial charge in [0.05, 0.1) is 0 Å². The summed E-state index contributed by atoms with van der Waals surface area (Å²) in [4.78, 5) is 5.06. The zero-order valence-corrected chi connectivity index (χ0v) is 13.7. The van der Waals surface area contributed by atoms with Crippen molar-refractivity contribution in [1.82, 2.24) is 0 Å². The van der Waals surface area contributed by atoms with Crippen molar-refractivity contribution in [2.75, 3.05) is 0 Å².